The minimum Gasteiger partial charge on any atom is -0.381 e. The normalized spacial score (nSPS) is 14.8. The zero-order chi connectivity index (χ0) is 13.9. The number of hydrogen-bond donors (Lipinski definition) is 1. The Kier molecular flexibility index (Phi) is 3.63. The second kappa shape index (κ2) is 5.57. The highest BCUT2D eigenvalue weighted by atomic mass is 19.1. The average Bonchev–Trinajstić information content (AvgIpc) is 3.08. The lowest BCUT2D eigenvalue weighted by atomic mass is 10.2. The highest BCUT2D eigenvalue weighted by molar-refractivity contribution is 5.56. The summed E-state index contributed by atoms with van der Waals surface area (Å²) in [6.45, 7) is 2.64. The number of benzene rings is 1. The van der Waals surface area contributed by atoms with Gasteiger partial charge in [0.05, 0.1) is 5.69 Å². The molecule has 4 heteroatoms. The van der Waals surface area contributed by atoms with Crippen LogP contribution < -0.4 is 10.2 Å². The molecule has 1 aliphatic heterocycles. The molecule has 2 heterocycles. The summed E-state index contributed by atoms with van der Waals surface area (Å²) < 4.78 is 16.2. The predicted octanol–water partition coefficient (Wildman–Crippen LogP) is 3.38. The lowest BCUT2D eigenvalue weighted by Crippen LogP contribution is -2.18. The van der Waals surface area contributed by atoms with Gasteiger partial charge in [-0.1, -0.05) is 0 Å². The van der Waals surface area contributed by atoms with E-state index >= 15 is 0 Å². The largest absolute Gasteiger partial charge is 0.381 e. The van der Waals surface area contributed by atoms with Gasteiger partial charge in [0.1, 0.15) is 5.82 Å². The van der Waals surface area contributed by atoms with E-state index in [0.29, 0.717) is 6.54 Å². The second-order valence-corrected chi connectivity index (χ2v) is 5.40. The van der Waals surface area contributed by atoms with Gasteiger partial charge in [0.25, 0.3) is 0 Å². The minimum atomic E-state index is -0.134. The van der Waals surface area contributed by atoms with Crippen molar-refractivity contribution in [2.45, 2.75) is 19.4 Å². The van der Waals surface area contributed by atoms with Crippen LogP contribution in [0.5, 0.6) is 0 Å². The van der Waals surface area contributed by atoms with Gasteiger partial charge in [-0.15, -0.1) is 0 Å². The molecular weight excluding hydrogens is 253 g/mol. The van der Waals surface area contributed by atoms with Crippen molar-refractivity contribution in [2.24, 2.45) is 7.05 Å². The lowest BCUT2D eigenvalue weighted by molar-refractivity contribution is 0.623. The van der Waals surface area contributed by atoms with E-state index in [1.807, 2.05) is 29.9 Å². The molecule has 106 valence electrons. The van der Waals surface area contributed by atoms with Crippen LogP contribution in [0.1, 0.15) is 18.4 Å². The molecule has 1 aliphatic rings. The Balaban J connectivity index is 1.67. The van der Waals surface area contributed by atoms with E-state index in [-0.39, 0.29) is 5.82 Å². The van der Waals surface area contributed by atoms with Gasteiger partial charge in [-0.05, 0) is 42.7 Å². The Morgan fingerprint density at radius 2 is 2.00 bits per heavy atom. The van der Waals surface area contributed by atoms with Crippen molar-refractivity contribution >= 4 is 11.4 Å². The third-order valence-corrected chi connectivity index (χ3v) is 3.78. The smallest absolute Gasteiger partial charge is 0.148 e. The molecule has 0 atom stereocenters. The number of nitrogens with one attached hydrogen (secondary N) is 1. The van der Waals surface area contributed by atoms with Crippen LogP contribution in [0.2, 0.25) is 0 Å². The Hall–Kier alpha value is -1.97. The van der Waals surface area contributed by atoms with Crippen LogP contribution in [0, 0.1) is 5.82 Å². The molecule has 2 aromatic rings. The molecule has 0 spiro atoms. The first-order valence-electron chi connectivity index (χ1n) is 7.11. The Morgan fingerprint density at radius 1 is 1.20 bits per heavy atom. The van der Waals surface area contributed by atoms with E-state index < -0.39 is 0 Å². The zero-order valence-electron chi connectivity index (χ0n) is 11.8. The molecule has 20 heavy (non-hydrogen) atoms. The molecule has 0 saturated carbocycles. The number of aromatic nitrogens is 1. The molecule has 1 aromatic carbocycles. The van der Waals surface area contributed by atoms with Crippen molar-refractivity contribution in [3.05, 3.63) is 48.0 Å². The van der Waals surface area contributed by atoms with Crippen molar-refractivity contribution in [1.29, 1.82) is 0 Å². The summed E-state index contributed by atoms with van der Waals surface area (Å²) in [5.41, 5.74) is 2.75. The summed E-state index contributed by atoms with van der Waals surface area (Å²) in [5.74, 6) is -0.134. The molecule has 1 fully saturated rings. The number of nitrogens with zero attached hydrogens (tertiary/aromatic N) is 2. The maximum Gasteiger partial charge on any atom is 0.148 e. The highest BCUT2D eigenvalue weighted by Crippen LogP contribution is 2.26. The van der Waals surface area contributed by atoms with E-state index in [4.69, 9.17) is 0 Å². The van der Waals surface area contributed by atoms with Gasteiger partial charge in [0.15, 0.2) is 0 Å². The number of hydrogen-bond acceptors (Lipinski definition) is 2. The third kappa shape index (κ3) is 2.79. The number of rotatable bonds is 4. The summed E-state index contributed by atoms with van der Waals surface area (Å²) in [6, 6.07) is 7.49. The molecule has 0 bridgehead atoms. The van der Waals surface area contributed by atoms with Gasteiger partial charge in [-0.25, -0.2) is 4.39 Å². The summed E-state index contributed by atoms with van der Waals surface area (Å²) in [5, 5.41) is 3.26. The van der Waals surface area contributed by atoms with Crippen LogP contribution in [0.4, 0.5) is 15.8 Å². The van der Waals surface area contributed by atoms with Gasteiger partial charge in [0.2, 0.25) is 0 Å². The molecule has 0 unspecified atom stereocenters. The van der Waals surface area contributed by atoms with Crippen LogP contribution in [-0.4, -0.2) is 17.7 Å². The number of anilines is 2. The SMILES string of the molecule is Cn1ccc(CNc2ccc(N3CCCC3)c(F)c2)c1. The van der Waals surface area contributed by atoms with Crippen molar-refractivity contribution < 1.29 is 4.39 Å². The molecule has 1 N–H and O–H groups in total. The number of aryl methyl sites for hydroxylation is 1. The van der Waals surface area contributed by atoms with E-state index in [1.54, 1.807) is 6.07 Å². The maximum atomic E-state index is 14.1. The number of halogens is 1. The fourth-order valence-corrected chi connectivity index (χ4v) is 2.70. The topological polar surface area (TPSA) is 20.2 Å². The van der Waals surface area contributed by atoms with Crippen LogP contribution in [0.3, 0.4) is 0 Å². The zero-order valence-corrected chi connectivity index (χ0v) is 11.8. The van der Waals surface area contributed by atoms with E-state index in [2.05, 4.69) is 22.5 Å². The Morgan fingerprint density at radius 3 is 2.65 bits per heavy atom. The molecule has 3 nitrogen and oxygen atoms in total. The molecule has 0 radical (unpaired) electrons. The van der Waals surface area contributed by atoms with Gasteiger partial charge in [-0.2, -0.15) is 0 Å². The molecule has 1 saturated heterocycles. The highest BCUT2D eigenvalue weighted by Gasteiger charge is 2.16. The van der Waals surface area contributed by atoms with Gasteiger partial charge in [0, 0.05) is 44.8 Å². The monoisotopic (exact) mass is 273 g/mol. The average molecular weight is 273 g/mol. The van der Waals surface area contributed by atoms with Crippen molar-refractivity contribution in [3.63, 3.8) is 0 Å². The standard InChI is InChI=1S/C16H20FN3/c1-19-9-6-13(12-19)11-18-14-4-5-16(15(17)10-14)20-7-2-3-8-20/h4-6,9-10,12,18H,2-3,7-8,11H2,1H3. The summed E-state index contributed by atoms with van der Waals surface area (Å²) in [4.78, 5) is 2.12. The fraction of sp³-hybridized carbons (Fsp3) is 0.375. The van der Waals surface area contributed by atoms with Gasteiger partial charge >= 0.3 is 0 Å². The lowest BCUT2D eigenvalue weighted by Gasteiger charge is -2.19. The van der Waals surface area contributed by atoms with E-state index in [1.165, 1.54) is 5.56 Å². The predicted molar refractivity (Wildman–Crippen MR) is 80.6 cm³/mol. The Bertz CT molecular complexity index is 585. The van der Waals surface area contributed by atoms with Crippen LogP contribution in [0.25, 0.3) is 0 Å². The maximum absolute atomic E-state index is 14.1. The molecule has 3 rings (SSSR count). The van der Waals surface area contributed by atoms with E-state index in [0.717, 1.165) is 37.3 Å². The summed E-state index contributed by atoms with van der Waals surface area (Å²) >= 11 is 0. The second-order valence-electron chi connectivity index (χ2n) is 5.40. The summed E-state index contributed by atoms with van der Waals surface area (Å²) in [6.07, 6.45) is 6.39. The van der Waals surface area contributed by atoms with Crippen molar-refractivity contribution in [3.8, 4) is 0 Å². The molecule has 1 aromatic heterocycles. The van der Waals surface area contributed by atoms with Crippen LogP contribution in [0.15, 0.2) is 36.7 Å². The Labute approximate surface area is 119 Å². The van der Waals surface area contributed by atoms with Crippen LogP contribution in [-0.2, 0) is 13.6 Å². The molecule has 0 aliphatic carbocycles. The first kappa shape index (κ1) is 13.0. The first-order valence-corrected chi connectivity index (χ1v) is 7.11. The van der Waals surface area contributed by atoms with Crippen molar-refractivity contribution in [2.75, 3.05) is 23.3 Å². The molecular formula is C16H20FN3. The quantitative estimate of drug-likeness (QED) is 0.921. The first-order chi connectivity index (χ1) is 9.72. The van der Waals surface area contributed by atoms with Gasteiger partial charge < -0.3 is 14.8 Å². The van der Waals surface area contributed by atoms with E-state index in [9.17, 15) is 4.39 Å². The fourth-order valence-electron chi connectivity index (χ4n) is 2.70. The summed E-state index contributed by atoms with van der Waals surface area (Å²) in [7, 11) is 1.99. The molecule has 0 amide bonds. The third-order valence-electron chi connectivity index (χ3n) is 3.78. The van der Waals surface area contributed by atoms with Crippen LogP contribution >= 0.6 is 0 Å². The van der Waals surface area contributed by atoms with Gasteiger partial charge in [-0.3, -0.25) is 0 Å². The minimum absolute atomic E-state index is 0.134. The van der Waals surface area contributed by atoms with Crippen molar-refractivity contribution in [1.82, 2.24) is 4.57 Å².